The second-order valence-electron chi connectivity index (χ2n) is 11.2. The van der Waals surface area contributed by atoms with E-state index < -0.39 is 6.04 Å². The molecule has 0 unspecified atom stereocenters. The Bertz CT molecular complexity index is 1530. The van der Waals surface area contributed by atoms with Gasteiger partial charge >= 0.3 is 0 Å². The average molecular weight is 554 g/mol. The highest BCUT2D eigenvalue weighted by Crippen LogP contribution is 2.38. The highest BCUT2D eigenvalue weighted by atomic mass is 16.5. The number of likely N-dealkylation sites (N-methyl/N-ethyl adjacent to an activating group) is 1. The Balaban J connectivity index is 1.55. The maximum Gasteiger partial charge on any atom is 0.271 e. The largest absolute Gasteiger partial charge is 0.394 e. The zero-order valence-electron chi connectivity index (χ0n) is 24.3. The summed E-state index contributed by atoms with van der Waals surface area (Å²) in [5.74, 6) is -0.225. The third kappa shape index (κ3) is 5.78. The van der Waals surface area contributed by atoms with Gasteiger partial charge in [0.25, 0.3) is 5.91 Å². The molecule has 0 radical (unpaired) electrons. The number of fused-ring (bicyclic) bond motifs is 5. The first-order valence-electron chi connectivity index (χ1n) is 14.3. The molecule has 7 nitrogen and oxygen atoms in total. The van der Waals surface area contributed by atoms with E-state index in [0.29, 0.717) is 31.8 Å². The molecule has 1 N–H and O–H groups in total. The number of aromatic nitrogens is 1. The van der Waals surface area contributed by atoms with E-state index in [4.69, 9.17) is 4.74 Å². The molecule has 3 atom stereocenters. The lowest BCUT2D eigenvalue weighted by Crippen LogP contribution is -2.48. The molecule has 5 rings (SSSR count). The Kier molecular flexibility index (Phi) is 8.57. The number of benzene rings is 3. The molecule has 3 aromatic carbocycles. The summed E-state index contributed by atoms with van der Waals surface area (Å²) in [6.45, 7) is 4.87. The number of rotatable bonds is 6. The van der Waals surface area contributed by atoms with Gasteiger partial charge in [-0.25, -0.2) is 0 Å². The first-order chi connectivity index (χ1) is 19.8. The molecule has 0 saturated heterocycles. The van der Waals surface area contributed by atoms with Gasteiger partial charge in [-0.1, -0.05) is 79.7 Å². The summed E-state index contributed by atoms with van der Waals surface area (Å²) in [7, 11) is 3.74. The number of hydrogen-bond donors (Lipinski definition) is 1. The van der Waals surface area contributed by atoms with Gasteiger partial charge in [-0.2, -0.15) is 0 Å². The summed E-state index contributed by atoms with van der Waals surface area (Å²) < 4.78 is 8.58. The zero-order valence-corrected chi connectivity index (χ0v) is 24.3. The van der Waals surface area contributed by atoms with Crippen LogP contribution in [-0.2, 0) is 29.6 Å². The standard InChI is InChI=1S/C34H39N3O4/c1-23-19-37(24(2)21-38)34(40)33-32(28-16-10-11-17-29(28)36(33)4)27-15-9-8-14-26(27)22-41-30(23)20-35(3)31(39)18-25-12-6-5-7-13-25/h5-17,23-24,30,38H,18-22H2,1-4H3/t23-,24-,30-/m0/s1. The Hall–Kier alpha value is -3.94. The van der Waals surface area contributed by atoms with Gasteiger partial charge in [-0.15, -0.1) is 0 Å². The minimum Gasteiger partial charge on any atom is -0.394 e. The summed E-state index contributed by atoms with van der Waals surface area (Å²) in [6, 6.07) is 25.4. The lowest BCUT2D eigenvalue weighted by molar-refractivity contribution is -0.132. The molecule has 214 valence electrons. The molecule has 0 bridgehead atoms. The highest BCUT2D eigenvalue weighted by Gasteiger charge is 2.33. The summed E-state index contributed by atoms with van der Waals surface area (Å²) in [6.07, 6.45) is -0.0116. The van der Waals surface area contributed by atoms with Crippen molar-refractivity contribution in [1.29, 1.82) is 0 Å². The van der Waals surface area contributed by atoms with Gasteiger partial charge in [-0.3, -0.25) is 9.59 Å². The maximum absolute atomic E-state index is 14.4. The molecular formula is C34H39N3O4. The number of ether oxygens (including phenoxy) is 1. The fraction of sp³-hybridized carbons (Fsp3) is 0.353. The Morgan fingerprint density at radius 1 is 1.05 bits per heavy atom. The first kappa shape index (κ1) is 28.6. The molecule has 0 fully saturated rings. The molecule has 4 aromatic rings. The molecule has 41 heavy (non-hydrogen) atoms. The van der Waals surface area contributed by atoms with Crippen molar-refractivity contribution in [2.45, 2.75) is 39.0 Å². The van der Waals surface area contributed by atoms with Crippen LogP contribution in [0.2, 0.25) is 0 Å². The first-order valence-corrected chi connectivity index (χ1v) is 14.3. The van der Waals surface area contributed by atoms with Crippen molar-refractivity contribution in [3.63, 3.8) is 0 Å². The van der Waals surface area contributed by atoms with Gasteiger partial charge in [0.1, 0.15) is 5.69 Å². The van der Waals surface area contributed by atoms with E-state index in [1.165, 1.54) is 0 Å². The van der Waals surface area contributed by atoms with Crippen molar-refractivity contribution < 1.29 is 19.4 Å². The van der Waals surface area contributed by atoms with Crippen LogP contribution in [0.4, 0.5) is 0 Å². The Morgan fingerprint density at radius 2 is 1.73 bits per heavy atom. The quantitative estimate of drug-likeness (QED) is 0.369. The number of carbonyl (C=O) groups is 2. The van der Waals surface area contributed by atoms with Gasteiger partial charge < -0.3 is 24.2 Å². The van der Waals surface area contributed by atoms with Crippen LogP contribution in [0.5, 0.6) is 0 Å². The fourth-order valence-electron chi connectivity index (χ4n) is 5.80. The molecule has 7 heteroatoms. The van der Waals surface area contributed by atoms with Gasteiger partial charge in [-0.05, 0) is 29.7 Å². The van der Waals surface area contributed by atoms with Crippen LogP contribution in [0.25, 0.3) is 22.0 Å². The molecule has 2 amide bonds. The van der Waals surface area contributed by atoms with Gasteiger partial charge in [0.05, 0.1) is 31.8 Å². The lowest BCUT2D eigenvalue weighted by Gasteiger charge is -2.35. The third-order valence-electron chi connectivity index (χ3n) is 8.30. The summed E-state index contributed by atoms with van der Waals surface area (Å²) in [5.41, 5.74) is 5.35. The molecule has 2 heterocycles. The predicted molar refractivity (Wildman–Crippen MR) is 161 cm³/mol. The summed E-state index contributed by atoms with van der Waals surface area (Å²) in [4.78, 5) is 31.1. The molecule has 0 spiro atoms. The van der Waals surface area contributed by atoms with Crippen LogP contribution >= 0.6 is 0 Å². The number of para-hydroxylation sites is 1. The number of hydrogen-bond acceptors (Lipinski definition) is 4. The average Bonchev–Trinajstić information content (AvgIpc) is 3.28. The molecule has 1 aliphatic rings. The van der Waals surface area contributed by atoms with E-state index in [1.54, 1.807) is 9.80 Å². The third-order valence-corrected chi connectivity index (χ3v) is 8.30. The SMILES string of the molecule is C[C@H]1CN([C@@H](C)CO)C(=O)c2c(c3ccccc3n2C)-c2ccccc2CO[C@H]1CN(C)C(=O)Cc1ccccc1. The van der Waals surface area contributed by atoms with Crippen LogP contribution in [-0.4, -0.2) is 70.2 Å². The van der Waals surface area contributed by atoms with E-state index in [9.17, 15) is 14.7 Å². The van der Waals surface area contributed by atoms with Crippen LogP contribution in [0.1, 0.15) is 35.5 Å². The van der Waals surface area contributed by atoms with Crippen LogP contribution in [0, 0.1) is 5.92 Å². The minimum atomic E-state index is -0.398. The summed E-state index contributed by atoms with van der Waals surface area (Å²) in [5, 5.41) is 11.2. The lowest BCUT2D eigenvalue weighted by atomic mass is 9.96. The fourth-order valence-corrected chi connectivity index (χ4v) is 5.80. The van der Waals surface area contributed by atoms with Crippen molar-refractivity contribution in [1.82, 2.24) is 14.4 Å². The van der Waals surface area contributed by atoms with Crippen molar-refractivity contribution in [2.24, 2.45) is 13.0 Å². The van der Waals surface area contributed by atoms with Crippen LogP contribution in [0.3, 0.4) is 0 Å². The Labute approximate surface area is 242 Å². The number of aliphatic hydroxyl groups excluding tert-OH is 1. The highest BCUT2D eigenvalue weighted by molar-refractivity contribution is 6.10. The Morgan fingerprint density at radius 3 is 2.49 bits per heavy atom. The molecule has 0 aliphatic carbocycles. The topological polar surface area (TPSA) is 75.0 Å². The van der Waals surface area contributed by atoms with Gasteiger partial charge in [0.15, 0.2) is 0 Å². The van der Waals surface area contributed by atoms with Crippen molar-refractivity contribution in [3.8, 4) is 11.1 Å². The number of aryl methyl sites for hydroxylation is 1. The summed E-state index contributed by atoms with van der Waals surface area (Å²) >= 11 is 0. The van der Waals surface area contributed by atoms with E-state index in [-0.39, 0.29) is 30.4 Å². The maximum atomic E-state index is 14.4. The van der Waals surface area contributed by atoms with Crippen molar-refractivity contribution >= 4 is 22.7 Å². The number of nitrogens with zero attached hydrogens (tertiary/aromatic N) is 3. The van der Waals surface area contributed by atoms with E-state index in [2.05, 4.69) is 13.0 Å². The zero-order chi connectivity index (χ0) is 29.1. The van der Waals surface area contributed by atoms with E-state index in [0.717, 1.165) is 33.2 Å². The van der Waals surface area contributed by atoms with Gasteiger partial charge in [0, 0.05) is 49.6 Å². The second kappa shape index (κ2) is 12.3. The molecule has 1 aliphatic heterocycles. The molecule has 1 aromatic heterocycles. The predicted octanol–water partition coefficient (Wildman–Crippen LogP) is 4.90. The monoisotopic (exact) mass is 553 g/mol. The van der Waals surface area contributed by atoms with Crippen molar-refractivity contribution in [3.05, 3.63) is 95.7 Å². The number of aliphatic hydroxyl groups is 1. The van der Waals surface area contributed by atoms with Crippen LogP contribution in [0.15, 0.2) is 78.9 Å². The second-order valence-corrected chi connectivity index (χ2v) is 11.2. The number of carbonyl (C=O) groups excluding carboxylic acids is 2. The minimum absolute atomic E-state index is 0.0113. The normalized spacial score (nSPS) is 18.4. The molecule has 0 saturated carbocycles. The van der Waals surface area contributed by atoms with E-state index >= 15 is 0 Å². The van der Waals surface area contributed by atoms with E-state index in [1.807, 2.05) is 98.4 Å². The van der Waals surface area contributed by atoms with Crippen LogP contribution < -0.4 is 0 Å². The van der Waals surface area contributed by atoms with Gasteiger partial charge in [0.2, 0.25) is 5.91 Å². The number of amides is 2. The smallest absolute Gasteiger partial charge is 0.271 e. The molecular weight excluding hydrogens is 514 g/mol. The van der Waals surface area contributed by atoms with Crippen molar-refractivity contribution in [2.75, 3.05) is 26.7 Å².